The molecule has 0 radical (unpaired) electrons. The van der Waals surface area contributed by atoms with Crippen molar-refractivity contribution in [2.75, 3.05) is 7.11 Å². The molecule has 0 aliphatic rings. The van der Waals surface area contributed by atoms with Gasteiger partial charge in [-0.05, 0) is 24.6 Å². The summed E-state index contributed by atoms with van der Waals surface area (Å²) in [6, 6.07) is 4.27. The number of hydrogen-bond donors (Lipinski definition) is 1. The summed E-state index contributed by atoms with van der Waals surface area (Å²) < 4.78 is 48.5. The van der Waals surface area contributed by atoms with Crippen molar-refractivity contribution in [2.45, 2.75) is 26.4 Å². The fourth-order valence-electron chi connectivity index (χ4n) is 2.61. The Balaban J connectivity index is 2.33. The van der Waals surface area contributed by atoms with Crippen molar-refractivity contribution in [3.8, 4) is 5.75 Å². The molecular formula is C18H16F3NO5. The molecule has 0 fully saturated rings. The number of carbonyl (C=O) groups is 3. The molecule has 1 aromatic carbocycles. The van der Waals surface area contributed by atoms with Gasteiger partial charge in [-0.25, -0.2) is 4.79 Å². The van der Waals surface area contributed by atoms with Crippen LogP contribution in [0.4, 0.5) is 13.2 Å². The number of methoxy groups -OCH3 is 1. The van der Waals surface area contributed by atoms with Crippen LogP contribution in [0.3, 0.4) is 0 Å². The zero-order valence-electron chi connectivity index (χ0n) is 14.7. The number of ketones is 1. The van der Waals surface area contributed by atoms with E-state index in [1.807, 2.05) is 0 Å². The Morgan fingerprint density at radius 3 is 2.33 bits per heavy atom. The van der Waals surface area contributed by atoms with Crippen LogP contribution >= 0.6 is 0 Å². The van der Waals surface area contributed by atoms with Crippen molar-refractivity contribution < 1.29 is 37.0 Å². The molecule has 2 aromatic rings. The molecule has 0 saturated carbocycles. The molecule has 0 aliphatic heterocycles. The van der Waals surface area contributed by atoms with Crippen LogP contribution in [0, 0.1) is 6.92 Å². The Morgan fingerprint density at radius 2 is 1.78 bits per heavy atom. The fraction of sp³-hybridized carbons (Fsp3) is 0.278. The van der Waals surface area contributed by atoms with Gasteiger partial charge in [0.05, 0.1) is 30.4 Å². The van der Waals surface area contributed by atoms with E-state index in [1.165, 1.54) is 26.0 Å². The number of Topliss-reactive ketones (excluding diaryl/α,β-unsaturated/α-hetero) is 1. The lowest BCUT2D eigenvalue weighted by Crippen LogP contribution is -2.17. The summed E-state index contributed by atoms with van der Waals surface area (Å²) in [7, 11) is 1.13. The second-order valence-corrected chi connectivity index (χ2v) is 5.67. The van der Waals surface area contributed by atoms with E-state index in [-0.39, 0.29) is 28.3 Å². The van der Waals surface area contributed by atoms with E-state index in [0.29, 0.717) is 0 Å². The second kappa shape index (κ2) is 7.65. The smallest absolute Gasteiger partial charge is 0.419 e. The highest BCUT2D eigenvalue weighted by atomic mass is 19.4. The van der Waals surface area contributed by atoms with Crippen molar-refractivity contribution in [1.29, 1.82) is 0 Å². The first-order valence-corrected chi connectivity index (χ1v) is 7.73. The Bertz CT molecular complexity index is 899. The number of aromatic nitrogens is 1. The molecule has 0 amide bonds. The lowest BCUT2D eigenvalue weighted by atomic mass is 10.1. The van der Waals surface area contributed by atoms with Gasteiger partial charge < -0.3 is 14.5 Å². The maximum atomic E-state index is 13.0. The number of alkyl halides is 3. The van der Waals surface area contributed by atoms with Gasteiger partial charge in [0.25, 0.3) is 0 Å². The highest BCUT2D eigenvalue weighted by Gasteiger charge is 2.35. The minimum absolute atomic E-state index is 0.0243. The van der Waals surface area contributed by atoms with Gasteiger partial charge in [-0.1, -0.05) is 12.1 Å². The van der Waals surface area contributed by atoms with Gasteiger partial charge in [-0.3, -0.25) is 9.59 Å². The molecule has 27 heavy (non-hydrogen) atoms. The highest BCUT2D eigenvalue weighted by molar-refractivity contribution is 6.01. The lowest BCUT2D eigenvalue weighted by Gasteiger charge is -2.12. The number of esters is 2. The van der Waals surface area contributed by atoms with Crippen molar-refractivity contribution in [2.24, 2.45) is 0 Å². The van der Waals surface area contributed by atoms with Crippen LogP contribution in [0.25, 0.3) is 0 Å². The maximum absolute atomic E-state index is 13.0. The Kier molecular flexibility index (Phi) is 5.72. The zero-order chi connectivity index (χ0) is 20.4. The van der Waals surface area contributed by atoms with Crippen LogP contribution in [0.2, 0.25) is 0 Å². The summed E-state index contributed by atoms with van der Waals surface area (Å²) in [6.07, 6.45) is -5.25. The minimum Gasteiger partial charge on any atom is -0.465 e. The zero-order valence-corrected chi connectivity index (χ0v) is 14.7. The quantitative estimate of drug-likeness (QED) is 0.485. The maximum Gasteiger partial charge on any atom is 0.419 e. The summed E-state index contributed by atoms with van der Waals surface area (Å²) in [6.45, 7) is 2.76. The third kappa shape index (κ3) is 4.36. The van der Waals surface area contributed by atoms with Crippen LogP contribution in [-0.4, -0.2) is 29.8 Å². The van der Waals surface area contributed by atoms with Gasteiger partial charge in [-0.2, -0.15) is 13.2 Å². The summed E-state index contributed by atoms with van der Waals surface area (Å²) in [5.41, 5.74) is -0.705. The number of benzene rings is 1. The van der Waals surface area contributed by atoms with Gasteiger partial charge in [0.15, 0.2) is 5.78 Å². The number of rotatable bonds is 5. The summed E-state index contributed by atoms with van der Waals surface area (Å²) >= 11 is 0. The molecule has 0 spiro atoms. The second-order valence-electron chi connectivity index (χ2n) is 5.67. The number of H-pyrrole nitrogens is 1. The highest BCUT2D eigenvalue weighted by Crippen LogP contribution is 2.36. The van der Waals surface area contributed by atoms with Crippen LogP contribution in [0.15, 0.2) is 24.3 Å². The van der Waals surface area contributed by atoms with Gasteiger partial charge in [0, 0.05) is 12.6 Å². The molecule has 1 heterocycles. The van der Waals surface area contributed by atoms with Crippen LogP contribution < -0.4 is 4.74 Å². The van der Waals surface area contributed by atoms with Crippen LogP contribution in [0.1, 0.15) is 44.6 Å². The Hall–Kier alpha value is -3.10. The van der Waals surface area contributed by atoms with E-state index in [4.69, 9.17) is 4.74 Å². The van der Waals surface area contributed by atoms with Gasteiger partial charge in [0.1, 0.15) is 5.75 Å². The van der Waals surface area contributed by atoms with Crippen molar-refractivity contribution in [3.05, 3.63) is 52.3 Å². The van der Waals surface area contributed by atoms with Crippen molar-refractivity contribution in [1.82, 2.24) is 4.98 Å². The third-order valence-corrected chi connectivity index (χ3v) is 3.81. The fourth-order valence-corrected chi connectivity index (χ4v) is 2.61. The average molecular weight is 383 g/mol. The first-order chi connectivity index (χ1) is 12.6. The van der Waals surface area contributed by atoms with E-state index in [1.54, 1.807) is 0 Å². The van der Waals surface area contributed by atoms with E-state index in [0.717, 1.165) is 19.2 Å². The van der Waals surface area contributed by atoms with E-state index < -0.39 is 35.8 Å². The van der Waals surface area contributed by atoms with Gasteiger partial charge in [0.2, 0.25) is 0 Å². The number of ether oxygens (including phenoxy) is 2. The molecule has 1 aromatic heterocycles. The molecule has 0 aliphatic carbocycles. The molecule has 144 valence electrons. The number of para-hydroxylation sites is 1. The van der Waals surface area contributed by atoms with Crippen molar-refractivity contribution >= 4 is 17.7 Å². The molecule has 2 rings (SSSR count). The standard InChI is InChI=1S/C18H16F3NO5/c1-9-15(17(25)26-3)12(22-16(9)10(2)23)8-14(24)27-13-7-5-4-6-11(13)18(19,20)21/h4-7,22H,8H2,1-3H3. The first-order valence-electron chi connectivity index (χ1n) is 7.73. The van der Waals surface area contributed by atoms with Crippen LogP contribution in [-0.2, 0) is 22.1 Å². The number of carbonyl (C=O) groups excluding carboxylic acids is 3. The molecule has 1 N–H and O–H groups in total. The molecule has 0 bridgehead atoms. The van der Waals surface area contributed by atoms with Gasteiger partial charge >= 0.3 is 18.1 Å². The normalized spacial score (nSPS) is 11.2. The first kappa shape index (κ1) is 20.2. The molecule has 6 nitrogen and oxygen atoms in total. The lowest BCUT2D eigenvalue weighted by molar-refractivity contribution is -0.142. The Morgan fingerprint density at radius 1 is 1.15 bits per heavy atom. The topological polar surface area (TPSA) is 85.5 Å². The number of hydrogen-bond acceptors (Lipinski definition) is 5. The van der Waals surface area contributed by atoms with E-state index >= 15 is 0 Å². The molecule has 9 heteroatoms. The van der Waals surface area contributed by atoms with Crippen molar-refractivity contribution in [3.63, 3.8) is 0 Å². The summed E-state index contributed by atoms with van der Waals surface area (Å²) in [5, 5.41) is 0. The average Bonchev–Trinajstić information content (AvgIpc) is 2.90. The molecular weight excluding hydrogens is 367 g/mol. The predicted molar refractivity (Wildman–Crippen MR) is 87.7 cm³/mol. The third-order valence-electron chi connectivity index (χ3n) is 3.81. The van der Waals surface area contributed by atoms with Crippen LogP contribution in [0.5, 0.6) is 5.75 Å². The minimum atomic E-state index is -4.70. The molecule has 0 saturated heterocycles. The van der Waals surface area contributed by atoms with E-state index in [9.17, 15) is 27.6 Å². The largest absolute Gasteiger partial charge is 0.465 e. The SMILES string of the molecule is COC(=O)c1c(CC(=O)Oc2ccccc2C(F)(F)F)[nH]c(C(C)=O)c1C. The number of aromatic amines is 1. The summed E-state index contributed by atoms with van der Waals surface area (Å²) in [4.78, 5) is 38.4. The predicted octanol–water partition coefficient (Wildman–Crippen LogP) is 3.48. The van der Waals surface area contributed by atoms with Gasteiger partial charge in [-0.15, -0.1) is 0 Å². The monoisotopic (exact) mass is 383 g/mol. The van der Waals surface area contributed by atoms with E-state index in [2.05, 4.69) is 9.72 Å². The Labute approximate surface area is 152 Å². The molecule has 0 atom stereocenters. The number of nitrogens with one attached hydrogen (secondary N) is 1. The number of halogens is 3. The summed E-state index contributed by atoms with van der Waals surface area (Å²) in [5.74, 6) is -2.84. The molecule has 0 unspecified atom stereocenters.